The third-order valence-electron chi connectivity index (χ3n) is 5.18. The van der Waals surface area contributed by atoms with Crippen LogP contribution in [0.15, 0.2) is 71.9 Å². The number of rotatable bonds is 6. The van der Waals surface area contributed by atoms with Crippen molar-refractivity contribution in [2.75, 3.05) is 25.6 Å². The van der Waals surface area contributed by atoms with Gasteiger partial charge in [-0.05, 0) is 42.5 Å². The van der Waals surface area contributed by atoms with Crippen LogP contribution >= 0.6 is 0 Å². The molecule has 1 aliphatic heterocycles. The van der Waals surface area contributed by atoms with Crippen LogP contribution in [0.4, 0.5) is 5.69 Å². The first-order chi connectivity index (χ1) is 15.2. The topological polar surface area (TPSA) is 83.8 Å². The first-order valence-corrected chi connectivity index (χ1v) is 10.2. The molecule has 0 aliphatic carbocycles. The van der Waals surface area contributed by atoms with Gasteiger partial charge in [-0.2, -0.15) is 5.10 Å². The number of aromatic nitrogens is 2. The summed E-state index contributed by atoms with van der Waals surface area (Å²) in [5.74, 6) is 1.56. The van der Waals surface area contributed by atoms with Crippen molar-refractivity contribution in [1.82, 2.24) is 20.4 Å². The lowest BCUT2D eigenvalue weighted by molar-refractivity contribution is -0.117. The summed E-state index contributed by atoms with van der Waals surface area (Å²) in [5.41, 5.74) is 2.76. The van der Waals surface area contributed by atoms with Crippen molar-refractivity contribution < 1.29 is 9.53 Å². The molecule has 4 rings (SSSR count). The molecule has 1 saturated heterocycles. The van der Waals surface area contributed by atoms with E-state index >= 15 is 0 Å². The Bertz CT molecular complexity index is 1050. The van der Waals surface area contributed by atoms with E-state index in [0.29, 0.717) is 25.5 Å². The van der Waals surface area contributed by atoms with Gasteiger partial charge < -0.3 is 20.3 Å². The van der Waals surface area contributed by atoms with Gasteiger partial charge in [0.15, 0.2) is 5.96 Å². The molecule has 2 aromatic carbocycles. The third-order valence-corrected chi connectivity index (χ3v) is 5.18. The van der Waals surface area contributed by atoms with E-state index in [1.54, 1.807) is 14.2 Å². The molecule has 160 valence electrons. The molecule has 8 heteroatoms. The SMILES string of the molecule is CN=C(NCc1ccn(-c2ccc(OC)cc2)n1)NC1CC(=O)N(c2ccccc2)C1. The van der Waals surface area contributed by atoms with E-state index in [1.165, 1.54) is 0 Å². The lowest BCUT2D eigenvalue weighted by Gasteiger charge is -2.18. The number of hydrogen-bond donors (Lipinski definition) is 2. The Labute approximate surface area is 181 Å². The number of benzene rings is 2. The lowest BCUT2D eigenvalue weighted by Crippen LogP contribution is -2.44. The maximum Gasteiger partial charge on any atom is 0.229 e. The van der Waals surface area contributed by atoms with Crippen molar-refractivity contribution in [3.8, 4) is 11.4 Å². The average Bonchev–Trinajstić information content (AvgIpc) is 3.43. The quantitative estimate of drug-likeness (QED) is 0.474. The first kappa shape index (κ1) is 20.5. The predicted octanol–water partition coefficient (Wildman–Crippen LogP) is 2.35. The van der Waals surface area contributed by atoms with E-state index in [1.807, 2.05) is 76.4 Å². The highest BCUT2D eigenvalue weighted by Gasteiger charge is 2.31. The molecule has 1 atom stereocenters. The van der Waals surface area contributed by atoms with Crippen LogP contribution in [0.25, 0.3) is 5.69 Å². The molecule has 3 aromatic rings. The first-order valence-electron chi connectivity index (χ1n) is 10.2. The van der Waals surface area contributed by atoms with Crippen molar-refractivity contribution in [2.45, 2.75) is 19.0 Å². The van der Waals surface area contributed by atoms with Gasteiger partial charge in [0.2, 0.25) is 5.91 Å². The van der Waals surface area contributed by atoms with Crippen LogP contribution in [0.1, 0.15) is 12.1 Å². The third kappa shape index (κ3) is 4.85. The van der Waals surface area contributed by atoms with E-state index in [4.69, 9.17) is 4.74 Å². The highest BCUT2D eigenvalue weighted by Crippen LogP contribution is 2.21. The zero-order valence-electron chi connectivity index (χ0n) is 17.7. The molecule has 8 nitrogen and oxygen atoms in total. The number of nitrogens with zero attached hydrogens (tertiary/aromatic N) is 4. The molecule has 2 heterocycles. The summed E-state index contributed by atoms with van der Waals surface area (Å²) >= 11 is 0. The zero-order valence-corrected chi connectivity index (χ0v) is 17.7. The molecule has 1 aromatic heterocycles. The Morgan fingerprint density at radius 3 is 2.61 bits per heavy atom. The number of anilines is 1. The smallest absolute Gasteiger partial charge is 0.229 e. The fourth-order valence-electron chi connectivity index (χ4n) is 3.56. The van der Waals surface area contributed by atoms with Crippen LogP contribution in [0.2, 0.25) is 0 Å². The van der Waals surface area contributed by atoms with E-state index in [2.05, 4.69) is 20.7 Å². The largest absolute Gasteiger partial charge is 0.497 e. The Kier molecular flexibility index (Phi) is 6.16. The van der Waals surface area contributed by atoms with E-state index < -0.39 is 0 Å². The summed E-state index contributed by atoms with van der Waals surface area (Å²) in [5, 5.41) is 11.2. The maximum atomic E-state index is 12.4. The summed E-state index contributed by atoms with van der Waals surface area (Å²) in [6, 6.07) is 19.4. The molecular formula is C23H26N6O2. The predicted molar refractivity (Wildman–Crippen MR) is 121 cm³/mol. The number of methoxy groups -OCH3 is 1. The number of guanidine groups is 1. The minimum Gasteiger partial charge on any atom is -0.497 e. The molecule has 0 saturated carbocycles. The molecule has 1 amide bonds. The van der Waals surface area contributed by atoms with Gasteiger partial charge in [0, 0.05) is 31.9 Å². The number of aliphatic imine (C=N–C) groups is 1. The number of nitrogens with one attached hydrogen (secondary N) is 2. The van der Waals surface area contributed by atoms with Crippen molar-refractivity contribution in [2.24, 2.45) is 4.99 Å². The average molecular weight is 419 g/mol. The van der Waals surface area contributed by atoms with Crippen molar-refractivity contribution in [3.05, 3.63) is 72.6 Å². The second-order valence-electron chi connectivity index (χ2n) is 7.26. The van der Waals surface area contributed by atoms with E-state index in [-0.39, 0.29) is 11.9 Å². The maximum absolute atomic E-state index is 12.4. The monoisotopic (exact) mass is 418 g/mol. The molecule has 31 heavy (non-hydrogen) atoms. The zero-order chi connectivity index (χ0) is 21.6. The Morgan fingerprint density at radius 2 is 1.90 bits per heavy atom. The van der Waals surface area contributed by atoms with Gasteiger partial charge in [0.05, 0.1) is 31.1 Å². The summed E-state index contributed by atoms with van der Waals surface area (Å²) in [7, 11) is 3.37. The fourth-order valence-corrected chi connectivity index (χ4v) is 3.56. The molecule has 0 bridgehead atoms. The minimum absolute atomic E-state index is 0.00392. The molecule has 0 radical (unpaired) electrons. The van der Waals surface area contributed by atoms with Gasteiger partial charge in [0.25, 0.3) is 0 Å². The molecular weight excluding hydrogens is 392 g/mol. The minimum atomic E-state index is -0.00392. The van der Waals surface area contributed by atoms with Crippen molar-refractivity contribution >= 4 is 17.6 Å². The summed E-state index contributed by atoms with van der Waals surface area (Å²) in [4.78, 5) is 18.5. The summed E-state index contributed by atoms with van der Waals surface area (Å²) < 4.78 is 7.02. The number of amides is 1. The Morgan fingerprint density at radius 1 is 1.13 bits per heavy atom. The summed E-state index contributed by atoms with van der Waals surface area (Å²) in [6.07, 6.45) is 2.35. The highest BCUT2D eigenvalue weighted by atomic mass is 16.5. The molecule has 1 aliphatic rings. The number of carbonyl (C=O) groups excluding carboxylic acids is 1. The fraction of sp³-hybridized carbons (Fsp3) is 0.261. The highest BCUT2D eigenvalue weighted by molar-refractivity contribution is 5.97. The molecule has 1 fully saturated rings. The van der Waals surface area contributed by atoms with E-state index in [9.17, 15) is 4.79 Å². The number of para-hydroxylation sites is 1. The van der Waals surface area contributed by atoms with Crippen LogP contribution in [-0.2, 0) is 11.3 Å². The second kappa shape index (κ2) is 9.34. The normalized spacial score (nSPS) is 16.5. The number of ether oxygens (including phenoxy) is 1. The van der Waals surface area contributed by atoms with Gasteiger partial charge >= 0.3 is 0 Å². The standard InChI is InChI=1S/C23H26N6O2/c1-24-23(26-18-14-22(30)28(16-18)19-6-4-3-5-7-19)25-15-17-12-13-29(27-17)20-8-10-21(31-2)11-9-20/h3-13,18H,14-16H2,1-2H3,(H2,24,25,26). The molecule has 0 spiro atoms. The van der Waals surface area contributed by atoms with Gasteiger partial charge in [-0.1, -0.05) is 18.2 Å². The van der Waals surface area contributed by atoms with Crippen LogP contribution in [-0.4, -0.2) is 48.4 Å². The van der Waals surface area contributed by atoms with Crippen LogP contribution in [0, 0.1) is 0 Å². The Balaban J connectivity index is 1.32. The van der Waals surface area contributed by atoms with Crippen molar-refractivity contribution in [1.29, 1.82) is 0 Å². The van der Waals surface area contributed by atoms with Gasteiger partial charge in [-0.25, -0.2) is 4.68 Å². The van der Waals surface area contributed by atoms with Gasteiger partial charge in [0.1, 0.15) is 5.75 Å². The van der Waals surface area contributed by atoms with E-state index in [0.717, 1.165) is 22.8 Å². The van der Waals surface area contributed by atoms with Crippen LogP contribution in [0.3, 0.4) is 0 Å². The van der Waals surface area contributed by atoms with Crippen LogP contribution < -0.4 is 20.3 Å². The molecule has 2 N–H and O–H groups in total. The molecule has 1 unspecified atom stereocenters. The number of hydrogen-bond acceptors (Lipinski definition) is 4. The van der Waals surface area contributed by atoms with Gasteiger partial charge in [-0.15, -0.1) is 0 Å². The van der Waals surface area contributed by atoms with Crippen molar-refractivity contribution in [3.63, 3.8) is 0 Å². The lowest BCUT2D eigenvalue weighted by atomic mass is 10.2. The number of carbonyl (C=O) groups is 1. The Hall–Kier alpha value is -3.81. The van der Waals surface area contributed by atoms with Gasteiger partial charge in [-0.3, -0.25) is 9.79 Å². The van der Waals surface area contributed by atoms with Crippen LogP contribution in [0.5, 0.6) is 5.75 Å². The summed E-state index contributed by atoms with van der Waals surface area (Å²) in [6.45, 7) is 1.13. The second-order valence-corrected chi connectivity index (χ2v) is 7.26.